The highest BCUT2D eigenvalue weighted by atomic mass is 16.4. The zero-order chi connectivity index (χ0) is 10.8. The van der Waals surface area contributed by atoms with E-state index in [-0.39, 0.29) is 0 Å². The lowest BCUT2D eigenvalue weighted by atomic mass is 10.1. The van der Waals surface area contributed by atoms with Gasteiger partial charge in [0.1, 0.15) is 11.7 Å². The van der Waals surface area contributed by atoms with Crippen LogP contribution in [0.4, 0.5) is 0 Å². The highest BCUT2D eigenvalue weighted by Gasteiger charge is 2.21. The zero-order valence-electron chi connectivity index (χ0n) is 8.42. The van der Waals surface area contributed by atoms with Gasteiger partial charge in [-0.25, -0.2) is 4.98 Å². The SMILES string of the molecule is CCC(C(=O)O)c1ncc2ccccn12. The van der Waals surface area contributed by atoms with Gasteiger partial charge in [0, 0.05) is 6.20 Å². The fourth-order valence-corrected chi connectivity index (χ4v) is 1.69. The van der Waals surface area contributed by atoms with E-state index in [1.165, 1.54) is 0 Å². The minimum atomic E-state index is -0.825. The molecule has 4 heteroatoms. The summed E-state index contributed by atoms with van der Waals surface area (Å²) in [5.41, 5.74) is 0.923. The Morgan fingerprint density at radius 2 is 2.40 bits per heavy atom. The van der Waals surface area contributed by atoms with Crippen molar-refractivity contribution in [2.24, 2.45) is 0 Å². The van der Waals surface area contributed by atoms with E-state index in [4.69, 9.17) is 5.11 Å². The van der Waals surface area contributed by atoms with Crippen LogP contribution in [0.2, 0.25) is 0 Å². The van der Waals surface area contributed by atoms with Crippen molar-refractivity contribution >= 4 is 11.5 Å². The van der Waals surface area contributed by atoms with Gasteiger partial charge in [-0.1, -0.05) is 13.0 Å². The molecule has 1 atom stereocenters. The molecule has 0 fully saturated rings. The largest absolute Gasteiger partial charge is 0.481 e. The average molecular weight is 204 g/mol. The second-order valence-corrected chi connectivity index (χ2v) is 3.41. The molecule has 0 bridgehead atoms. The van der Waals surface area contributed by atoms with Gasteiger partial charge in [-0.05, 0) is 18.6 Å². The van der Waals surface area contributed by atoms with Crippen LogP contribution < -0.4 is 0 Å². The first-order chi connectivity index (χ1) is 7.24. The van der Waals surface area contributed by atoms with Gasteiger partial charge < -0.3 is 9.51 Å². The van der Waals surface area contributed by atoms with E-state index < -0.39 is 11.9 Å². The van der Waals surface area contributed by atoms with Crippen molar-refractivity contribution in [1.82, 2.24) is 9.38 Å². The summed E-state index contributed by atoms with van der Waals surface area (Å²) < 4.78 is 1.82. The Bertz CT molecular complexity index is 490. The number of hydrogen-bond acceptors (Lipinski definition) is 2. The van der Waals surface area contributed by atoms with Gasteiger partial charge in [-0.15, -0.1) is 0 Å². The average Bonchev–Trinajstić information content (AvgIpc) is 2.63. The van der Waals surface area contributed by atoms with Gasteiger partial charge in [-0.3, -0.25) is 4.79 Å². The van der Waals surface area contributed by atoms with Crippen LogP contribution in [0.3, 0.4) is 0 Å². The van der Waals surface area contributed by atoms with Crippen molar-refractivity contribution < 1.29 is 9.90 Å². The minimum Gasteiger partial charge on any atom is -0.481 e. The number of imidazole rings is 1. The molecule has 1 unspecified atom stereocenters. The third-order valence-electron chi connectivity index (χ3n) is 2.49. The maximum Gasteiger partial charge on any atom is 0.314 e. The second kappa shape index (κ2) is 3.73. The van der Waals surface area contributed by atoms with Gasteiger partial charge in [0.05, 0.1) is 11.7 Å². The maximum atomic E-state index is 11.0. The second-order valence-electron chi connectivity index (χ2n) is 3.41. The first-order valence-corrected chi connectivity index (χ1v) is 4.89. The summed E-state index contributed by atoms with van der Waals surface area (Å²) in [6, 6.07) is 5.68. The standard InChI is InChI=1S/C11H12N2O2/c1-2-9(11(14)15)10-12-7-8-5-3-4-6-13(8)10/h3-7,9H,2H2,1H3,(H,14,15). The topological polar surface area (TPSA) is 54.6 Å². The van der Waals surface area contributed by atoms with Gasteiger partial charge in [0.15, 0.2) is 0 Å². The molecule has 0 amide bonds. The molecule has 0 saturated heterocycles. The summed E-state index contributed by atoms with van der Waals surface area (Å²) in [6.45, 7) is 1.85. The number of carboxylic acids is 1. The smallest absolute Gasteiger partial charge is 0.314 e. The van der Waals surface area contributed by atoms with Crippen molar-refractivity contribution in [2.75, 3.05) is 0 Å². The molecule has 15 heavy (non-hydrogen) atoms. The number of nitrogens with zero attached hydrogens (tertiary/aromatic N) is 2. The van der Waals surface area contributed by atoms with Gasteiger partial charge in [-0.2, -0.15) is 0 Å². The maximum absolute atomic E-state index is 11.0. The molecule has 0 spiro atoms. The Hall–Kier alpha value is -1.84. The number of carbonyl (C=O) groups is 1. The molecular formula is C11H12N2O2. The molecule has 0 saturated carbocycles. The lowest BCUT2D eigenvalue weighted by Crippen LogP contribution is -2.13. The van der Waals surface area contributed by atoms with Gasteiger partial charge >= 0.3 is 5.97 Å². The molecule has 0 radical (unpaired) electrons. The summed E-state index contributed by atoms with van der Waals surface area (Å²) in [6.07, 6.45) is 4.08. The third-order valence-corrected chi connectivity index (χ3v) is 2.49. The highest BCUT2D eigenvalue weighted by Crippen LogP contribution is 2.19. The van der Waals surface area contributed by atoms with Crippen LogP contribution in [0, 0.1) is 0 Å². The van der Waals surface area contributed by atoms with E-state index in [0.717, 1.165) is 5.52 Å². The molecule has 0 aliphatic rings. The van der Waals surface area contributed by atoms with E-state index >= 15 is 0 Å². The highest BCUT2D eigenvalue weighted by molar-refractivity contribution is 5.75. The molecule has 0 aliphatic carbocycles. The van der Waals surface area contributed by atoms with E-state index in [0.29, 0.717) is 12.2 Å². The molecule has 0 aliphatic heterocycles. The summed E-state index contributed by atoms with van der Waals surface area (Å²) in [4.78, 5) is 15.2. The molecule has 0 aromatic carbocycles. The fourth-order valence-electron chi connectivity index (χ4n) is 1.69. The lowest BCUT2D eigenvalue weighted by Gasteiger charge is -2.08. The normalized spacial score (nSPS) is 12.9. The number of hydrogen-bond donors (Lipinski definition) is 1. The first-order valence-electron chi connectivity index (χ1n) is 4.89. The molecule has 4 nitrogen and oxygen atoms in total. The summed E-state index contributed by atoms with van der Waals surface area (Å²) >= 11 is 0. The van der Waals surface area contributed by atoms with Gasteiger partial charge in [0.25, 0.3) is 0 Å². The molecular weight excluding hydrogens is 192 g/mol. The van der Waals surface area contributed by atoms with Crippen LogP contribution >= 0.6 is 0 Å². The Morgan fingerprint density at radius 3 is 3.07 bits per heavy atom. The predicted octanol–water partition coefficient (Wildman–Crippen LogP) is 1.91. The van der Waals surface area contributed by atoms with Crippen LogP contribution in [-0.2, 0) is 4.79 Å². The van der Waals surface area contributed by atoms with Crippen LogP contribution in [0.1, 0.15) is 25.1 Å². The number of aliphatic carboxylic acids is 1. The number of rotatable bonds is 3. The Balaban J connectivity index is 2.55. The minimum absolute atomic E-state index is 0.533. The van der Waals surface area contributed by atoms with Crippen LogP contribution in [-0.4, -0.2) is 20.5 Å². The van der Waals surface area contributed by atoms with E-state index in [1.807, 2.05) is 35.7 Å². The van der Waals surface area contributed by atoms with Crippen molar-refractivity contribution in [3.63, 3.8) is 0 Å². The monoisotopic (exact) mass is 204 g/mol. The van der Waals surface area contributed by atoms with Crippen molar-refractivity contribution in [3.05, 3.63) is 36.4 Å². The Labute approximate surface area is 87.2 Å². The molecule has 2 aromatic heterocycles. The molecule has 2 aromatic rings. The number of carboxylic acid groups (broad SMARTS) is 1. The summed E-state index contributed by atoms with van der Waals surface area (Å²) in [5, 5.41) is 9.05. The summed E-state index contributed by atoms with van der Waals surface area (Å²) in [5.74, 6) is -0.760. The molecule has 78 valence electrons. The van der Waals surface area contributed by atoms with Crippen LogP contribution in [0.5, 0.6) is 0 Å². The van der Waals surface area contributed by atoms with Crippen LogP contribution in [0.15, 0.2) is 30.6 Å². The van der Waals surface area contributed by atoms with E-state index in [9.17, 15) is 4.79 Å². The number of fused-ring (bicyclic) bond motifs is 1. The van der Waals surface area contributed by atoms with Crippen molar-refractivity contribution in [1.29, 1.82) is 0 Å². The Morgan fingerprint density at radius 1 is 1.60 bits per heavy atom. The lowest BCUT2D eigenvalue weighted by molar-refractivity contribution is -0.139. The Kier molecular flexibility index (Phi) is 2.41. The molecule has 2 rings (SSSR count). The van der Waals surface area contributed by atoms with Crippen molar-refractivity contribution in [2.45, 2.75) is 19.3 Å². The summed E-state index contributed by atoms with van der Waals surface area (Å²) in [7, 11) is 0. The van der Waals surface area contributed by atoms with Gasteiger partial charge in [0.2, 0.25) is 0 Å². The van der Waals surface area contributed by atoms with E-state index in [2.05, 4.69) is 4.98 Å². The quantitative estimate of drug-likeness (QED) is 0.830. The van der Waals surface area contributed by atoms with Crippen molar-refractivity contribution in [3.8, 4) is 0 Å². The number of pyridine rings is 1. The van der Waals surface area contributed by atoms with E-state index in [1.54, 1.807) is 6.20 Å². The fraction of sp³-hybridized carbons (Fsp3) is 0.273. The predicted molar refractivity (Wildman–Crippen MR) is 55.9 cm³/mol. The zero-order valence-corrected chi connectivity index (χ0v) is 8.42. The first kappa shape index (κ1) is 9.71. The van der Waals surface area contributed by atoms with Crippen LogP contribution in [0.25, 0.3) is 5.52 Å². The molecule has 2 heterocycles. The number of aromatic nitrogens is 2. The molecule has 1 N–H and O–H groups in total. The third kappa shape index (κ3) is 1.58.